The largest absolute Gasteiger partial charge is 0.454 e. The lowest BCUT2D eigenvalue weighted by Gasteiger charge is -2.18. The maximum Gasteiger partial charge on any atom is 0.231 e. The van der Waals surface area contributed by atoms with E-state index < -0.39 is 0 Å². The second-order valence-electron chi connectivity index (χ2n) is 8.16. The maximum absolute atomic E-state index is 13.2. The second-order valence-corrected chi connectivity index (χ2v) is 8.16. The molecule has 0 radical (unpaired) electrons. The van der Waals surface area contributed by atoms with Gasteiger partial charge >= 0.3 is 0 Å². The molecule has 4 aromatic rings. The average molecular weight is 445 g/mol. The highest BCUT2D eigenvalue weighted by Gasteiger charge is 2.25. The van der Waals surface area contributed by atoms with Crippen LogP contribution >= 0.6 is 0 Å². The van der Waals surface area contributed by atoms with Crippen molar-refractivity contribution >= 4 is 16.8 Å². The fraction of sp³-hybridized carbons (Fsp3) is 0.222. The molecule has 1 aromatic heterocycles. The van der Waals surface area contributed by atoms with Crippen LogP contribution in [0.25, 0.3) is 10.9 Å². The highest BCUT2D eigenvalue weighted by Crippen LogP contribution is 2.40. The summed E-state index contributed by atoms with van der Waals surface area (Å²) in [6.07, 6.45) is 2.42. The first-order valence-corrected chi connectivity index (χ1v) is 11.1. The van der Waals surface area contributed by atoms with Gasteiger partial charge in [-0.3, -0.25) is 4.79 Å². The summed E-state index contributed by atoms with van der Waals surface area (Å²) < 4.78 is 26.5. The Balaban J connectivity index is 1.47. The van der Waals surface area contributed by atoms with Gasteiger partial charge in [-0.15, -0.1) is 0 Å². The first-order valence-electron chi connectivity index (χ1n) is 11.1. The van der Waals surface area contributed by atoms with Crippen LogP contribution in [0, 0.1) is 5.82 Å². The topological polar surface area (TPSA) is 52.5 Å². The van der Waals surface area contributed by atoms with Gasteiger partial charge in [0.25, 0.3) is 0 Å². The highest BCUT2D eigenvalue weighted by molar-refractivity contribution is 5.86. The van der Waals surface area contributed by atoms with Crippen molar-refractivity contribution in [2.24, 2.45) is 0 Å². The summed E-state index contributed by atoms with van der Waals surface area (Å²) in [7, 11) is 0. The van der Waals surface area contributed by atoms with E-state index in [1.165, 1.54) is 12.1 Å². The zero-order valence-electron chi connectivity index (χ0n) is 18.4. The molecular formula is C27H25FN2O3. The molecule has 0 saturated heterocycles. The lowest BCUT2D eigenvalue weighted by atomic mass is 9.87. The van der Waals surface area contributed by atoms with Crippen LogP contribution in [0.2, 0.25) is 0 Å². The molecule has 168 valence electrons. The van der Waals surface area contributed by atoms with Gasteiger partial charge in [-0.2, -0.15) is 0 Å². The van der Waals surface area contributed by atoms with E-state index in [0.29, 0.717) is 18.0 Å². The van der Waals surface area contributed by atoms with Crippen LogP contribution in [0.1, 0.15) is 36.0 Å². The molecule has 3 aromatic carbocycles. The molecule has 0 bridgehead atoms. The predicted octanol–water partition coefficient (Wildman–Crippen LogP) is 5.37. The number of halogens is 1. The third kappa shape index (κ3) is 4.29. The zero-order chi connectivity index (χ0) is 22.8. The number of aromatic nitrogens is 1. The molecule has 0 fully saturated rings. The van der Waals surface area contributed by atoms with Crippen LogP contribution in [-0.4, -0.2) is 17.3 Å². The van der Waals surface area contributed by atoms with Gasteiger partial charge in [-0.25, -0.2) is 4.39 Å². The number of aryl methyl sites for hydroxylation is 1. The number of nitrogens with zero attached hydrogens (tertiary/aromatic N) is 1. The molecule has 1 aliphatic heterocycles. The molecule has 0 aliphatic carbocycles. The van der Waals surface area contributed by atoms with Gasteiger partial charge < -0.3 is 19.4 Å². The van der Waals surface area contributed by atoms with E-state index in [0.717, 1.165) is 34.1 Å². The van der Waals surface area contributed by atoms with E-state index in [-0.39, 0.29) is 30.9 Å². The van der Waals surface area contributed by atoms with E-state index in [2.05, 4.69) is 35.1 Å². The Bertz CT molecular complexity index is 1300. The fourth-order valence-corrected chi connectivity index (χ4v) is 4.41. The Morgan fingerprint density at radius 3 is 2.67 bits per heavy atom. The van der Waals surface area contributed by atoms with Crippen LogP contribution in [0.5, 0.6) is 11.5 Å². The first-order chi connectivity index (χ1) is 16.1. The Labute approximate surface area is 191 Å². The number of nitrogens with one attached hydrogen (secondary N) is 1. The SMILES string of the molecule is CCn1cc([C@@H](CC(=O)NCc2ccc(F)cc2)c2ccc3c(c2)OCO3)c2ccccc21. The number of carbonyl (C=O) groups is 1. The van der Waals surface area contributed by atoms with Crippen molar-refractivity contribution in [3.63, 3.8) is 0 Å². The number of ether oxygens (including phenoxy) is 2. The zero-order valence-corrected chi connectivity index (χ0v) is 18.4. The molecular weight excluding hydrogens is 419 g/mol. The first kappa shape index (κ1) is 21.1. The highest BCUT2D eigenvalue weighted by atomic mass is 19.1. The van der Waals surface area contributed by atoms with Crippen molar-refractivity contribution in [3.05, 3.63) is 95.4 Å². The van der Waals surface area contributed by atoms with Gasteiger partial charge in [0, 0.05) is 42.5 Å². The molecule has 2 heterocycles. The smallest absolute Gasteiger partial charge is 0.231 e. The van der Waals surface area contributed by atoms with E-state index in [4.69, 9.17) is 9.47 Å². The van der Waals surface area contributed by atoms with Crippen molar-refractivity contribution < 1.29 is 18.7 Å². The molecule has 0 saturated carbocycles. The summed E-state index contributed by atoms with van der Waals surface area (Å²) in [6, 6.07) is 20.3. The standard InChI is InChI=1S/C27H25FN2O3/c1-2-30-16-23(21-5-3-4-6-24(21)30)22(19-9-12-25-26(13-19)33-17-32-25)14-27(31)29-15-18-7-10-20(28)11-8-18/h3-13,16,22H,2,14-15,17H2,1H3,(H,29,31)/t22-/m0/s1. The van der Waals surface area contributed by atoms with Crippen molar-refractivity contribution in [2.45, 2.75) is 32.4 Å². The van der Waals surface area contributed by atoms with Gasteiger partial charge in [0.1, 0.15) is 5.82 Å². The quantitative estimate of drug-likeness (QED) is 0.417. The number of hydrogen-bond donors (Lipinski definition) is 1. The van der Waals surface area contributed by atoms with Gasteiger partial charge in [0.2, 0.25) is 12.7 Å². The van der Waals surface area contributed by atoms with E-state index >= 15 is 0 Å². The van der Waals surface area contributed by atoms with E-state index in [1.54, 1.807) is 12.1 Å². The molecule has 6 heteroatoms. The third-order valence-corrected chi connectivity index (χ3v) is 6.13. The van der Waals surface area contributed by atoms with E-state index in [9.17, 15) is 9.18 Å². The molecule has 1 N–H and O–H groups in total. The summed E-state index contributed by atoms with van der Waals surface area (Å²) in [5.41, 5.74) is 4.10. The fourth-order valence-electron chi connectivity index (χ4n) is 4.41. The number of benzene rings is 3. The molecule has 1 aliphatic rings. The van der Waals surface area contributed by atoms with Gasteiger partial charge in [0.15, 0.2) is 11.5 Å². The molecule has 0 spiro atoms. The summed E-state index contributed by atoms with van der Waals surface area (Å²) in [5, 5.41) is 4.12. The van der Waals surface area contributed by atoms with Crippen molar-refractivity contribution in [1.29, 1.82) is 0 Å². The average Bonchev–Trinajstić information content (AvgIpc) is 3.46. The van der Waals surface area contributed by atoms with Crippen LogP contribution in [-0.2, 0) is 17.9 Å². The minimum atomic E-state index is -0.291. The monoisotopic (exact) mass is 444 g/mol. The summed E-state index contributed by atoms with van der Waals surface area (Å²) in [6.45, 7) is 3.51. The minimum Gasteiger partial charge on any atom is -0.454 e. The van der Waals surface area contributed by atoms with Crippen LogP contribution in [0.3, 0.4) is 0 Å². The number of amides is 1. The number of para-hydroxylation sites is 1. The van der Waals surface area contributed by atoms with Gasteiger partial charge in [-0.1, -0.05) is 36.4 Å². The number of fused-ring (bicyclic) bond motifs is 2. The maximum atomic E-state index is 13.2. The Morgan fingerprint density at radius 1 is 1.06 bits per heavy atom. The lowest BCUT2D eigenvalue weighted by molar-refractivity contribution is -0.121. The molecule has 0 unspecified atom stereocenters. The number of carbonyl (C=O) groups excluding carboxylic acids is 1. The molecule has 33 heavy (non-hydrogen) atoms. The summed E-state index contributed by atoms with van der Waals surface area (Å²) >= 11 is 0. The number of rotatable bonds is 7. The number of hydrogen-bond acceptors (Lipinski definition) is 3. The summed E-state index contributed by atoms with van der Waals surface area (Å²) in [4.78, 5) is 13.0. The van der Waals surface area contributed by atoms with Crippen LogP contribution in [0.15, 0.2) is 72.9 Å². The van der Waals surface area contributed by atoms with Crippen LogP contribution in [0.4, 0.5) is 4.39 Å². The second kappa shape index (κ2) is 8.98. The van der Waals surface area contributed by atoms with Crippen LogP contribution < -0.4 is 14.8 Å². The predicted molar refractivity (Wildman–Crippen MR) is 125 cm³/mol. The van der Waals surface area contributed by atoms with E-state index in [1.807, 2.05) is 30.3 Å². The van der Waals surface area contributed by atoms with Crippen molar-refractivity contribution in [3.8, 4) is 11.5 Å². The summed E-state index contributed by atoms with van der Waals surface area (Å²) in [5.74, 6) is 0.888. The Kier molecular flexibility index (Phi) is 5.73. The Morgan fingerprint density at radius 2 is 1.85 bits per heavy atom. The Hall–Kier alpha value is -3.80. The normalized spacial score (nSPS) is 13.3. The minimum absolute atomic E-state index is 0.0738. The van der Waals surface area contributed by atoms with Gasteiger partial charge in [-0.05, 0) is 53.9 Å². The molecule has 1 atom stereocenters. The van der Waals surface area contributed by atoms with Gasteiger partial charge in [0.05, 0.1) is 0 Å². The third-order valence-electron chi connectivity index (χ3n) is 6.13. The molecule has 1 amide bonds. The van der Waals surface area contributed by atoms with Crippen molar-refractivity contribution in [1.82, 2.24) is 9.88 Å². The molecule has 5 rings (SSSR count). The van der Waals surface area contributed by atoms with Crippen molar-refractivity contribution in [2.75, 3.05) is 6.79 Å². The lowest BCUT2D eigenvalue weighted by Crippen LogP contribution is -2.25. The molecule has 5 nitrogen and oxygen atoms in total.